The van der Waals surface area contributed by atoms with E-state index in [2.05, 4.69) is 78.2 Å². The first-order valence-corrected chi connectivity index (χ1v) is 9.72. The van der Waals surface area contributed by atoms with Crippen molar-refractivity contribution >= 4 is 31.9 Å². The van der Waals surface area contributed by atoms with Crippen LogP contribution in [-0.2, 0) is 0 Å². The Morgan fingerprint density at radius 3 is 1.23 bits per heavy atom. The molecule has 126 valence electrons. The predicted octanol–water partition coefficient (Wildman–Crippen LogP) is 7.00. The molecule has 0 saturated heterocycles. The molecule has 0 radical (unpaired) electrons. The van der Waals surface area contributed by atoms with Crippen LogP contribution < -0.4 is 0 Å². The molecule has 2 nitrogen and oxygen atoms in total. The van der Waals surface area contributed by atoms with E-state index in [1.54, 1.807) is 0 Å². The van der Waals surface area contributed by atoms with E-state index in [4.69, 9.17) is 0 Å². The molecule has 26 heavy (non-hydrogen) atoms. The van der Waals surface area contributed by atoms with Crippen molar-refractivity contribution in [3.63, 3.8) is 0 Å². The smallest absolute Gasteiger partial charge is 0.0892 e. The molecule has 0 atom stereocenters. The maximum atomic E-state index is 4.52. The van der Waals surface area contributed by atoms with Crippen LogP contribution in [0.5, 0.6) is 0 Å². The maximum Gasteiger partial charge on any atom is 0.0892 e. The summed E-state index contributed by atoms with van der Waals surface area (Å²) in [6.45, 7) is 0. The Labute approximate surface area is 169 Å². The van der Waals surface area contributed by atoms with E-state index in [0.29, 0.717) is 0 Å². The first-order valence-electron chi connectivity index (χ1n) is 8.13. The van der Waals surface area contributed by atoms with Gasteiger partial charge in [-0.2, -0.15) is 0 Å². The Kier molecular flexibility index (Phi) is 4.96. The zero-order chi connectivity index (χ0) is 17.9. The summed E-state index contributed by atoms with van der Waals surface area (Å²) in [6, 6.07) is 24.7. The molecule has 0 aliphatic carbocycles. The third-order valence-electron chi connectivity index (χ3n) is 4.14. The van der Waals surface area contributed by atoms with Crippen molar-refractivity contribution in [1.82, 2.24) is 9.97 Å². The van der Waals surface area contributed by atoms with Gasteiger partial charge in [0.25, 0.3) is 0 Å². The van der Waals surface area contributed by atoms with Crippen LogP contribution in [0.1, 0.15) is 0 Å². The van der Waals surface area contributed by atoms with Gasteiger partial charge in [-0.1, -0.05) is 56.1 Å². The van der Waals surface area contributed by atoms with E-state index in [1.165, 1.54) is 0 Å². The van der Waals surface area contributed by atoms with Crippen LogP contribution in [0.15, 0.2) is 94.1 Å². The number of hydrogen-bond acceptors (Lipinski definition) is 2. The number of pyridine rings is 2. The summed E-state index contributed by atoms with van der Waals surface area (Å²) in [5.74, 6) is 0. The van der Waals surface area contributed by atoms with Gasteiger partial charge in [-0.15, -0.1) is 0 Å². The SMILES string of the molecule is Brc1ccc(-c2ccnc(-c3cc(-c4ccc(Br)cc4)ccn3)c2)cc1. The number of aromatic nitrogens is 2. The van der Waals surface area contributed by atoms with Gasteiger partial charge in [0, 0.05) is 21.3 Å². The molecule has 4 aromatic rings. The molecule has 0 aliphatic heterocycles. The fourth-order valence-corrected chi connectivity index (χ4v) is 3.31. The normalized spacial score (nSPS) is 10.7. The summed E-state index contributed by atoms with van der Waals surface area (Å²) in [5, 5.41) is 0. The highest BCUT2D eigenvalue weighted by Gasteiger charge is 2.06. The minimum atomic E-state index is 0.865. The quantitative estimate of drug-likeness (QED) is 0.325. The van der Waals surface area contributed by atoms with Crippen molar-refractivity contribution in [1.29, 1.82) is 0 Å². The number of nitrogens with zero attached hydrogens (tertiary/aromatic N) is 2. The summed E-state index contributed by atoms with van der Waals surface area (Å²) in [7, 11) is 0. The predicted molar refractivity (Wildman–Crippen MR) is 114 cm³/mol. The van der Waals surface area contributed by atoms with Crippen LogP contribution in [0, 0.1) is 0 Å². The van der Waals surface area contributed by atoms with Gasteiger partial charge >= 0.3 is 0 Å². The van der Waals surface area contributed by atoms with Crippen molar-refractivity contribution in [2.45, 2.75) is 0 Å². The third-order valence-corrected chi connectivity index (χ3v) is 5.19. The molecule has 2 aromatic heterocycles. The zero-order valence-electron chi connectivity index (χ0n) is 13.7. The van der Waals surface area contributed by atoms with Gasteiger partial charge in [0.05, 0.1) is 11.4 Å². The molecule has 0 aliphatic rings. The monoisotopic (exact) mass is 464 g/mol. The summed E-state index contributed by atoms with van der Waals surface area (Å²) in [6.07, 6.45) is 3.67. The van der Waals surface area contributed by atoms with Crippen LogP contribution in [0.3, 0.4) is 0 Å². The van der Waals surface area contributed by atoms with Gasteiger partial charge in [-0.05, 0) is 70.8 Å². The highest BCUT2D eigenvalue weighted by atomic mass is 79.9. The molecule has 0 N–H and O–H groups in total. The lowest BCUT2D eigenvalue weighted by molar-refractivity contribution is 1.25. The fourth-order valence-electron chi connectivity index (χ4n) is 2.79. The summed E-state index contributed by atoms with van der Waals surface area (Å²) < 4.78 is 2.14. The molecule has 0 bridgehead atoms. The van der Waals surface area contributed by atoms with E-state index in [0.717, 1.165) is 42.6 Å². The van der Waals surface area contributed by atoms with Crippen molar-refractivity contribution in [2.24, 2.45) is 0 Å². The topological polar surface area (TPSA) is 25.8 Å². The fraction of sp³-hybridized carbons (Fsp3) is 0. The van der Waals surface area contributed by atoms with Gasteiger partial charge in [0.15, 0.2) is 0 Å². The lowest BCUT2D eigenvalue weighted by atomic mass is 10.0. The van der Waals surface area contributed by atoms with Crippen molar-refractivity contribution in [3.8, 4) is 33.6 Å². The van der Waals surface area contributed by atoms with Gasteiger partial charge in [0.2, 0.25) is 0 Å². The van der Waals surface area contributed by atoms with Crippen LogP contribution in [0.25, 0.3) is 33.6 Å². The Balaban J connectivity index is 1.72. The Bertz CT molecular complexity index is 955. The van der Waals surface area contributed by atoms with E-state index < -0.39 is 0 Å². The number of benzene rings is 2. The molecule has 0 unspecified atom stereocenters. The molecule has 0 amide bonds. The lowest BCUT2D eigenvalue weighted by Crippen LogP contribution is -1.89. The third kappa shape index (κ3) is 3.76. The largest absolute Gasteiger partial charge is 0.255 e. The molecule has 0 fully saturated rings. The standard InChI is InChI=1S/C22H14Br2N2/c23-19-5-1-15(2-6-19)17-9-11-25-21(13-17)22-14-18(10-12-26-22)16-3-7-20(24)8-4-16/h1-14H. The summed E-state index contributed by atoms with van der Waals surface area (Å²) in [5.41, 5.74) is 6.28. The van der Waals surface area contributed by atoms with Crippen molar-refractivity contribution in [2.75, 3.05) is 0 Å². The Morgan fingerprint density at radius 1 is 0.462 bits per heavy atom. The molecule has 0 saturated carbocycles. The minimum absolute atomic E-state index is 0.865. The first kappa shape index (κ1) is 17.1. The van der Waals surface area contributed by atoms with Gasteiger partial charge < -0.3 is 0 Å². The molecular formula is C22H14Br2N2. The van der Waals surface area contributed by atoms with E-state index in [1.807, 2.05) is 48.8 Å². The maximum absolute atomic E-state index is 4.52. The van der Waals surface area contributed by atoms with Crippen molar-refractivity contribution < 1.29 is 0 Å². The van der Waals surface area contributed by atoms with Gasteiger partial charge in [0.1, 0.15) is 0 Å². The van der Waals surface area contributed by atoms with Crippen LogP contribution >= 0.6 is 31.9 Å². The molecular weight excluding hydrogens is 452 g/mol. The van der Waals surface area contributed by atoms with Gasteiger partial charge in [-0.3, -0.25) is 9.97 Å². The van der Waals surface area contributed by atoms with Crippen LogP contribution in [0.2, 0.25) is 0 Å². The molecule has 4 heteroatoms. The summed E-state index contributed by atoms with van der Waals surface area (Å²) >= 11 is 6.96. The van der Waals surface area contributed by atoms with Crippen LogP contribution in [0.4, 0.5) is 0 Å². The lowest BCUT2D eigenvalue weighted by Gasteiger charge is -2.07. The number of halogens is 2. The molecule has 0 spiro atoms. The molecule has 2 heterocycles. The van der Waals surface area contributed by atoms with E-state index in [9.17, 15) is 0 Å². The molecule has 4 rings (SSSR count). The highest BCUT2D eigenvalue weighted by molar-refractivity contribution is 9.10. The summed E-state index contributed by atoms with van der Waals surface area (Å²) in [4.78, 5) is 9.04. The minimum Gasteiger partial charge on any atom is -0.255 e. The van der Waals surface area contributed by atoms with Gasteiger partial charge in [-0.25, -0.2) is 0 Å². The first-order chi connectivity index (χ1) is 12.7. The second-order valence-corrected chi connectivity index (χ2v) is 7.70. The second kappa shape index (κ2) is 7.52. The highest BCUT2D eigenvalue weighted by Crippen LogP contribution is 2.28. The average molecular weight is 466 g/mol. The number of hydrogen-bond donors (Lipinski definition) is 0. The Hall–Kier alpha value is -2.30. The average Bonchev–Trinajstić information content (AvgIpc) is 2.69. The van der Waals surface area contributed by atoms with Crippen LogP contribution in [-0.4, -0.2) is 9.97 Å². The van der Waals surface area contributed by atoms with Crippen molar-refractivity contribution in [3.05, 3.63) is 94.1 Å². The van der Waals surface area contributed by atoms with E-state index >= 15 is 0 Å². The molecule has 2 aromatic carbocycles. The number of rotatable bonds is 3. The second-order valence-electron chi connectivity index (χ2n) is 5.87. The zero-order valence-corrected chi connectivity index (χ0v) is 16.9. The van der Waals surface area contributed by atoms with E-state index in [-0.39, 0.29) is 0 Å². The Morgan fingerprint density at radius 2 is 0.846 bits per heavy atom.